The molecule has 3 aromatic rings. The molecule has 0 aliphatic carbocycles. The molecule has 2 aromatic carbocycles. The van der Waals surface area contributed by atoms with Crippen molar-refractivity contribution < 1.29 is 23.4 Å². The Labute approximate surface area is 169 Å². The van der Waals surface area contributed by atoms with Crippen LogP contribution in [0.2, 0.25) is 0 Å². The van der Waals surface area contributed by atoms with E-state index in [1.807, 2.05) is 45.0 Å². The molecule has 0 aliphatic heterocycles. The molecule has 0 fully saturated rings. The summed E-state index contributed by atoms with van der Waals surface area (Å²) < 4.78 is 21.8. The summed E-state index contributed by atoms with van der Waals surface area (Å²) in [5, 5.41) is 7.99. The lowest BCUT2D eigenvalue weighted by Gasteiger charge is -2.14. The maximum atomic E-state index is 12.2. The Morgan fingerprint density at radius 3 is 2.34 bits per heavy atom. The van der Waals surface area contributed by atoms with E-state index in [4.69, 9.17) is 18.6 Å². The smallest absolute Gasteiger partial charge is 0.344 e. The number of benzene rings is 2. The van der Waals surface area contributed by atoms with Gasteiger partial charge in [0.25, 0.3) is 5.89 Å². The molecule has 0 amide bonds. The maximum absolute atomic E-state index is 12.2. The second-order valence-electron chi connectivity index (χ2n) is 6.82. The van der Waals surface area contributed by atoms with Crippen molar-refractivity contribution in [3.63, 3.8) is 0 Å². The lowest BCUT2D eigenvalue weighted by molar-refractivity contribution is -0.152. The van der Waals surface area contributed by atoms with E-state index in [0.717, 1.165) is 28.0 Å². The van der Waals surface area contributed by atoms with Crippen LogP contribution in [0.5, 0.6) is 11.5 Å². The number of rotatable bonds is 7. The summed E-state index contributed by atoms with van der Waals surface area (Å²) >= 11 is 0. The van der Waals surface area contributed by atoms with Crippen molar-refractivity contribution in [3.05, 3.63) is 59.0 Å². The Bertz CT molecular complexity index is 972. The molecule has 0 bridgehead atoms. The zero-order valence-corrected chi connectivity index (χ0v) is 17.2. The van der Waals surface area contributed by atoms with Crippen molar-refractivity contribution in [3.8, 4) is 23.0 Å². The number of aryl methyl sites for hydroxylation is 3. The number of methoxy groups -OCH3 is 1. The summed E-state index contributed by atoms with van der Waals surface area (Å²) in [6.45, 7) is 7.38. The molecule has 29 heavy (non-hydrogen) atoms. The van der Waals surface area contributed by atoms with Crippen LogP contribution in [0.1, 0.15) is 35.6 Å². The van der Waals surface area contributed by atoms with Crippen LogP contribution < -0.4 is 9.47 Å². The molecule has 7 nitrogen and oxygen atoms in total. The van der Waals surface area contributed by atoms with E-state index in [2.05, 4.69) is 10.2 Å². The number of carbonyl (C=O) groups excluding carboxylic acids is 1. The van der Waals surface area contributed by atoms with Gasteiger partial charge in [0.15, 0.2) is 12.7 Å². The summed E-state index contributed by atoms with van der Waals surface area (Å²) in [6, 6.07) is 11.2. The SMILES string of the molecule is COc1ccc(-c2nnc([C@H](C)OC(=O)COc3c(C)cc(C)cc3C)o2)cc1. The number of hydrogen-bond acceptors (Lipinski definition) is 7. The molecule has 7 heteroatoms. The standard InChI is InChI=1S/C22H24N2O5/c1-13-10-14(2)20(15(3)11-13)27-12-19(25)28-16(4)21-23-24-22(29-21)17-6-8-18(26-5)9-7-17/h6-11,16H,12H2,1-5H3/t16-/m0/s1. The van der Waals surface area contributed by atoms with Crippen molar-refractivity contribution in [1.82, 2.24) is 10.2 Å². The van der Waals surface area contributed by atoms with Crippen molar-refractivity contribution >= 4 is 5.97 Å². The van der Waals surface area contributed by atoms with Gasteiger partial charge in [-0.3, -0.25) is 0 Å². The first-order valence-corrected chi connectivity index (χ1v) is 9.25. The highest BCUT2D eigenvalue weighted by Gasteiger charge is 2.20. The first-order chi connectivity index (χ1) is 13.9. The monoisotopic (exact) mass is 396 g/mol. The zero-order chi connectivity index (χ0) is 21.0. The second-order valence-corrected chi connectivity index (χ2v) is 6.82. The Hall–Kier alpha value is -3.35. The van der Waals surface area contributed by atoms with Gasteiger partial charge in [0, 0.05) is 5.56 Å². The van der Waals surface area contributed by atoms with Crippen molar-refractivity contribution in [2.45, 2.75) is 33.8 Å². The lowest BCUT2D eigenvalue weighted by atomic mass is 10.1. The number of ether oxygens (including phenoxy) is 3. The number of aromatic nitrogens is 2. The first-order valence-electron chi connectivity index (χ1n) is 9.25. The van der Waals surface area contributed by atoms with Gasteiger partial charge < -0.3 is 18.6 Å². The highest BCUT2D eigenvalue weighted by atomic mass is 16.6. The van der Waals surface area contributed by atoms with Gasteiger partial charge >= 0.3 is 5.97 Å². The minimum atomic E-state index is -0.689. The number of hydrogen-bond donors (Lipinski definition) is 0. The van der Waals surface area contributed by atoms with Crippen molar-refractivity contribution in [2.24, 2.45) is 0 Å². The highest BCUT2D eigenvalue weighted by Crippen LogP contribution is 2.26. The van der Waals surface area contributed by atoms with Crippen LogP contribution in [-0.2, 0) is 9.53 Å². The molecule has 0 saturated carbocycles. The lowest BCUT2D eigenvalue weighted by Crippen LogP contribution is -2.17. The summed E-state index contributed by atoms with van der Waals surface area (Å²) in [7, 11) is 1.60. The fourth-order valence-electron chi connectivity index (χ4n) is 3.06. The molecule has 0 spiro atoms. The maximum Gasteiger partial charge on any atom is 0.344 e. The summed E-state index contributed by atoms with van der Waals surface area (Å²) in [6.07, 6.45) is -0.689. The average Bonchev–Trinajstić information content (AvgIpc) is 3.17. The van der Waals surface area contributed by atoms with Crippen molar-refractivity contribution in [1.29, 1.82) is 0 Å². The number of nitrogens with zero attached hydrogens (tertiary/aromatic N) is 2. The normalized spacial score (nSPS) is 11.8. The molecule has 0 radical (unpaired) electrons. The van der Waals surface area contributed by atoms with Crippen molar-refractivity contribution in [2.75, 3.05) is 13.7 Å². The van der Waals surface area contributed by atoms with Gasteiger partial charge in [-0.2, -0.15) is 0 Å². The quantitative estimate of drug-likeness (QED) is 0.549. The van der Waals surface area contributed by atoms with Crippen LogP contribution >= 0.6 is 0 Å². The minimum Gasteiger partial charge on any atom is -0.497 e. The zero-order valence-electron chi connectivity index (χ0n) is 17.2. The van der Waals surface area contributed by atoms with Gasteiger partial charge in [0.1, 0.15) is 11.5 Å². The van der Waals surface area contributed by atoms with Crippen LogP contribution in [0, 0.1) is 20.8 Å². The average molecular weight is 396 g/mol. The minimum absolute atomic E-state index is 0.200. The Morgan fingerprint density at radius 2 is 1.72 bits per heavy atom. The second kappa shape index (κ2) is 8.77. The summed E-state index contributed by atoms with van der Waals surface area (Å²) in [5.74, 6) is 1.47. The summed E-state index contributed by atoms with van der Waals surface area (Å²) in [5.41, 5.74) is 3.85. The van der Waals surface area contributed by atoms with E-state index in [-0.39, 0.29) is 12.5 Å². The van der Waals surface area contributed by atoms with Crippen LogP contribution in [0.25, 0.3) is 11.5 Å². The molecular weight excluding hydrogens is 372 g/mol. The van der Waals surface area contributed by atoms with Gasteiger partial charge in [-0.25, -0.2) is 4.79 Å². The van der Waals surface area contributed by atoms with E-state index < -0.39 is 12.1 Å². The number of carbonyl (C=O) groups is 1. The van der Waals surface area contributed by atoms with E-state index in [0.29, 0.717) is 11.6 Å². The molecule has 1 aromatic heterocycles. The molecule has 0 aliphatic rings. The van der Waals surface area contributed by atoms with Gasteiger partial charge in [-0.05, 0) is 63.1 Å². The number of esters is 1. The summed E-state index contributed by atoms with van der Waals surface area (Å²) in [4.78, 5) is 12.2. The molecule has 1 heterocycles. The topological polar surface area (TPSA) is 83.7 Å². The Kier molecular flexibility index (Phi) is 6.16. The Morgan fingerprint density at radius 1 is 1.07 bits per heavy atom. The van der Waals surface area contributed by atoms with Gasteiger partial charge in [0.2, 0.25) is 5.89 Å². The molecule has 3 rings (SSSR count). The Balaban J connectivity index is 1.59. The molecule has 1 atom stereocenters. The van der Waals surface area contributed by atoms with Gasteiger partial charge in [-0.15, -0.1) is 10.2 Å². The predicted octanol–water partition coefficient (Wildman–Crippen LogP) is 4.35. The molecule has 0 N–H and O–H groups in total. The van der Waals surface area contributed by atoms with Crippen LogP contribution in [0.3, 0.4) is 0 Å². The molecular formula is C22H24N2O5. The third-order valence-corrected chi connectivity index (χ3v) is 4.37. The van der Waals surface area contributed by atoms with E-state index in [1.165, 1.54) is 0 Å². The molecule has 0 unspecified atom stereocenters. The molecule has 0 saturated heterocycles. The fourth-order valence-corrected chi connectivity index (χ4v) is 3.06. The van der Waals surface area contributed by atoms with Crippen LogP contribution in [0.15, 0.2) is 40.8 Å². The third kappa shape index (κ3) is 4.93. The van der Waals surface area contributed by atoms with E-state index >= 15 is 0 Å². The largest absolute Gasteiger partial charge is 0.497 e. The van der Waals surface area contributed by atoms with E-state index in [1.54, 1.807) is 26.2 Å². The first kappa shape index (κ1) is 20.4. The van der Waals surface area contributed by atoms with Crippen LogP contribution in [-0.4, -0.2) is 29.9 Å². The van der Waals surface area contributed by atoms with E-state index in [9.17, 15) is 4.79 Å². The predicted molar refractivity (Wildman–Crippen MR) is 107 cm³/mol. The van der Waals surface area contributed by atoms with Gasteiger partial charge in [-0.1, -0.05) is 17.7 Å². The van der Waals surface area contributed by atoms with Crippen LogP contribution in [0.4, 0.5) is 0 Å². The molecule has 152 valence electrons. The highest BCUT2D eigenvalue weighted by molar-refractivity contribution is 5.71. The van der Waals surface area contributed by atoms with Gasteiger partial charge in [0.05, 0.1) is 7.11 Å². The fraction of sp³-hybridized carbons (Fsp3) is 0.318. The third-order valence-electron chi connectivity index (χ3n) is 4.37.